The van der Waals surface area contributed by atoms with Crippen molar-refractivity contribution < 1.29 is 13.2 Å². The van der Waals surface area contributed by atoms with Crippen molar-refractivity contribution in [3.05, 3.63) is 48.1 Å². The van der Waals surface area contributed by atoms with E-state index in [-0.39, 0.29) is 11.5 Å². The van der Waals surface area contributed by atoms with Crippen molar-refractivity contribution in [2.45, 2.75) is 25.6 Å². The van der Waals surface area contributed by atoms with Gasteiger partial charge in [0.25, 0.3) is 0 Å². The van der Waals surface area contributed by atoms with Crippen molar-refractivity contribution in [2.75, 3.05) is 18.4 Å². The Morgan fingerprint density at radius 1 is 1.19 bits per heavy atom. The molecule has 2 atom stereocenters. The lowest BCUT2D eigenvalue weighted by atomic mass is 10.1. The van der Waals surface area contributed by atoms with Gasteiger partial charge in [0.05, 0.1) is 17.9 Å². The molecule has 160 valence electrons. The van der Waals surface area contributed by atoms with Gasteiger partial charge in [0.15, 0.2) is 23.3 Å². The van der Waals surface area contributed by atoms with Crippen molar-refractivity contribution in [1.82, 2.24) is 34.9 Å². The lowest BCUT2D eigenvalue weighted by Crippen LogP contribution is -2.46. The van der Waals surface area contributed by atoms with Crippen LogP contribution in [0.1, 0.15) is 12.2 Å². The van der Waals surface area contributed by atoms with Gasteiger partial charge in [-0.1, -0.05) is 0 Å². The summed E-state index contributed by atoms with van der Waals surface area (Å²) in [6.45, 7) is 2.68. The Kier molecular flexibility index (Phi) is 4.81. The summed E-state index contributed by atoms with van der Waals surface area (Å²) in [5, 5.41) is 13.8. The van der Waals surface area contributed by atoms with E-state index >= 15 is 0 Å². The zero-order valence-corrected chi connectivity index (χ0v) is 16.5. The van der Waals surface area contributed by atoms with E-state index in [1.165, 1.54) is 6.20 Å². The molecule has 1 saturated heterocycles. The van der Waals surface area contributed by atoms with Crippen LogP contribution in [0.5, 0.6) is 0 Å². The third-order valence-electron chi connectivity index (χ3n) is 5.28. The first-order valence-corrected chi connectivity index (χ1v) is 9.84. The number of pyridine rings is 2. The highest BCUT2D eigenvalue weighted by Crippen LogP contribution is 2.28. The van der Waals surface area contributed by atoms with E-state index in [4.69, 9.17) is 0 Å². The first kappa shape index (κ1) is 19.5. The lowest BCUT2D eigenvalue weighted by molar-refractivity contribution is 0.240. The van der Waals surface area contributed by atoms with Crippen LogP contribution >= 0.6 is 0 Å². The first-order valence-electron chi connectivity index (χ1n) is 9.84. The minimum atomic E-state index is -1.15. The summed E-state index contributed by atoms with van der Waals surface area (Å²) in [7, 11) is 0. The van der Waals surface area contributed by atoms with Gasteiger partial charge in [-0.25, -0.2) is 23.1 Å². The number of nitrogens with one attached hydrogen (secondary N) is 3. The van der Waals surface area contributed by atoms with Gasteiger partial charge >= 0.3 is 0 Å². The van der Waals surface area contributed by atoms with Crippen LogP contribution in [0, 0.1) is 18.6 Å². The molecule has 4 aromatic heterocycles. The molecule has 5 heterocycles. The number of hydrogen-bond acceptors (Lipinski definition) is 6. The molecule has 0 saturated carbocycles. The summed E-state index contributed by atoms with van der Waals surface area (Å²) >= 11 is 0. The maximum Gasteiger partial charge on any atom is 0.168 e. The van der Waals surface area contributed by atoms with Gasteiger partial charge in [-0.3, -0.25) is 4.40 Å². The fourth-order valence-electron chi connectivity index (χ4n) is 3.67. The number of piperidine rings is 1. The smallest absolute Gasteiger partial charge is 0.168 e. The standard InChI is InChI=1S/C20H19F3N8/c1-10-26-19(30-29-10)11-3-5-31-16(9-25-17(31)6-11)18-13(22)7-14(23)20(28-18)27-15-8-24-4-2-12(15)21/h3,5-7,9,12,15,24H,2,4,8H2,1H3,(H,27,28)(H,26,29,30)/t12-,15-/m0/s1. The highest BCUT2D eigenvalue weighted by atomic mass is 19.1. The number of fused-ring (bicyclic) bond motifs is 1. The molecule has 0 aromatic carbocycles. The molecule has 8 nitrogen and oxygen atoms in total. The molecule has 1 aliphatic rings. The molecular weight excluding hydrogens is 409 g/mol. The predicted molar refractivity (Wildman–Crippen MR) is 108 cm³/mol. The van der Waals surface area contributed by atoms with Gasteiger partial charge in [-0.2, -0.15) is 0 Å². The number of imidazole rings is 1. The average molecular weight is 428 g/mol. The number of anilines is 1. The summed E-state index contributed by atoms with van der Waals surface area (Å²) < 4.78 is 44.8. The zero-order valence-electron chi connectivity index (χ0n) is 16.5. The fourth-order valence-corrected chi connectivity index (χ4v) is 3.67. The molecule has 11 heteroatoms. The highest BCUT2D eigenvalue weighted by molar-refractivity contribution is 5.67. The van der Waals surface area contributed by atoms with Gasteiger partial charge in [-0.05, 0) is 32.0 Å². The van der Waals surface area contributed by atoms with Crippen LogP contribution in [0.25, 0.3) is 28.4 Å². The predicted octanol–water partition coefficient (Wildman–Crippen LogP) is 2.88. The second-order valence-corrected chi connectivity index (χ2v) is 7.45. The Balaban J connectivity index is 1.52. The summed E-state index contributed by atoms with van der Waals surface area (Å²) in [6, 6.07) is 3.65. The van der Waals surface area contributed by atoms with E-state index in [1.54, 1.807) is 29.7 Å². The summed E-state index contributed by atoms with van der Waals surface area (Å²) in [6.07, 6.45) is 2.32. The second kappa shape index (κ2) is 7.65. The van der Waals surface area contributed by atoms with E-state index in [9.17, 15) is 13.2 Å². The molecule has 0 unspecified atom stereocenters. The van der Waals surface area contributed by atoms with Gasteiger partial charge in [0.1, 0.15) is 23.3 Å². The number of nitrogens with zero attached hydrogens (tertiary/aromatic N) is 5. The van der Waals surface area contributed by atoms with Gasteiger partial charge in [-0.15, -0.1) is 10.2 Å². The fraction of sp³-hybridized carbons (Fsp3) is 0.300. The minimum absolute atomic E-state index is 0.0844. The molecule has 4 aromatic rings. The zero-order chi connectivity index (χ0) is 21.5. The van der Waals surface area contributed by atoms with E-state index in [0.717, 1.165) is 11.6 Å². The van der Waals surface area contributed by atoms with Crippen LogP contribution in [-0.4, -0.2) is 54.9 Å². The number of rotatable bonds is 4. The van der Waals surface area contributed by atoms with Crippen molar-refractivity contribution in [3.63, 3.8) is 0 Å². The number of aromatic nitrogens is 6. The third-order valence-corrected chi connectivity index (χ3v) is 5.28. The van der Waals surface area contributed by atoms with E-state index in [0.29, 0.717) is 42.5 Å². The Bertz CT molecular complexity index is 1250. The van der Waals surface area contributed by atoms with Crippen LogP contribution in [0.2, 0.25) is 0 Å². The molecule has 31 heavy (non-hydrogen) atoms. The van der Waals surface area contributed by atoms with Crippen LogP contribution in [0.3, 0.4) is 0 Å². The highest BCUT2D eigenvalue weighted by Gasteiger charge is 2.26. The van der Waals surface area contributed by atoms with Crippen molar-refractivity contribution >= 4 is 11.5 Å². The second-order valence-electron chi connectivity index (χ2n) is 7.45. The Hall–Kier alpha value is -3.47. The Morgan fingerprint density at radius 2 is 2.06 bits per heavy atom. The quantitative estimate of drug-likeness (QED) is 0.463. The van der Waals surface area contributed by atoms with Crippen molar-refractivity contribution in [1.29, 1.82) is 0 Å². The molecule has 0 radical (unpaired) electrons. The number of H-pyrrole nitrogens is 1. The molecule has 1 fully saturated rings. The Labute approximate surface area is 175 Å². The summed E-state index contributed by atoms with van der Waals surface area (Å²) in [4.78, 5) is 11.5. The third kappa shape index (κ3) is 3.61. The monoisotopic (exact) mass is 428 g/mol. The average Bonchev–Trinajstić information content (AvgIpc) is 3.37. The van der Waals surface area contributed by atoms with Crippen LogP contribution in [-0.2, 0) is 0 Å². The number of halogens is 3. The molecule has 0 bridgehead atoms. The maximum atomic E-state index is 14.6. The molecule has 0 spiro atoms. The largest absolute Gasteiger partial charge is 0.361 e. The summed E-state index contributed by atoms with van der Waals surface area (Å²) in [5.74, 6) is -0.644. The molecule has 0 aliphatic carbocycles. The first-order chi connectivity index (χ1) is 15.0. The van der Waals surface area contributed by atoms with E-state index in [2.05, 4.69) is 35.8 Å². The normalized spacial score (nSPS) is 19.1. The SMILES string of the molecule is Cc1nnc(-c2ccn3c(-c4nc(N[C@H]5CNCC[C@@H]5F)c(F)cc4F)cnc3c2)[nH]1. The van der Waals surface area contributed by atoms with Crippen molar-refractivity contribution in [2.24, 2.45) is 0 Å². The topological polar surface area (TPSA) is 95.8 Å². The van der Waals surface area contributed by atoms with E-state index in [1.807, 2.05) is 0 Å². The van der Waals surface area contributed by atoms with Gasteiger partial charge < -0.3 is 15.6 Å². The Morgan fingerprint density at radius 3 is 2.84 bits per heavy atom. The number of hydrogen-bond donors (Lipinski definition) is 3. The van der Waals surface area contributed by atoms with Gasteiger partial charge in [0, 0.05) is 24.4 Å². The number of alkyl halides is 1. The maximum absolute atomic E-state index is 14.6. The molecule has 3 N–H and O–H groups in total. The summed E-state index contributed by atoms with van der Waals surface area (Å²) in [5.41, 5.74) is 1.55. The lowest BCUT2D eigenvalue weighted by Gasteiger charge is -2.28. The molecular formula is C20H19F3N8. The van der Waals surface area contributed by atoms with Crippen LogP contribution < -0.4 is 10.6 Å². The molecule has 5 rings (SSSR count). The number of aryl methyl sites for hydroxylation is 1. The van der Waals surface area contributed by atoms with Crippen LogP contribution in [0.15, 0.2) is 30.6 Å². The van der Waals surface area contributed by atoms with Crippen LogP contribution in [0.4, 0.5) is 19.0 Å². The van der Waals surface area contributed by atoms with Gasteiger partial charge in [0.2, 0.25) is 0 Å². The molecule has 1 aliphatic heterocycles. The number of aromatic amines is 1. The van der Waals surface area contributed by atoms with E-state index < -0.39 is 23.8 Å². The minimum Gasteiger partial charge on any atom is -0.361 e. The molecule has 0 amide bonds. The van der Waals surface area contributed by atoms with Crippen molar-refractivity contribution in [3.8, 4) is 22.8 Å².